The van der Waals surface area contributed by atoms with Crippen LogP contribution in [0, 0.1) is 12.1 Å². The fourth-order valence-corrected chi connectivity index (χ4v) is 2.44. The molecule has 0 spiro atoms. The molecule has 0 aliphatic heterocycles. The summed E-state index contributed by atoms with van der Waals surface area (Å²) in [5.74, 6) is 0. The van der Waals surface area contributed by atoms with Crippen molar-refractivity contribution in [3.63, 3.8) is 0 Å². The second kappa shape index (κ2) is 10.5. The molecule has 1 nitrogen and oxygen atoms in total. The minimum absolute atomic E-state index is 0. The van der Waals surface area contributed by atoms with Gasteiger partial charge in [0.05, 0.1) is 0 Å². The quantitative estimate of drug-likeness (QED) is 0.248. The van der Waals surface area contributed by atoms with Crippen LogP contribution in [0.4, 0.5) is 0 Å². The van der Waals surface area contributed by atoms with Gasteiger partial charge in [-0.2, -0.15) is 46.9 Å². The van der Waals surface area contributed by atoms with Gasteiger partial charge in [-0.3, -0.25) is 4.98 Å². The van der Waals surface area contributed by atoms with Crippen molar-refractivity contribution in [3.8, 4) is 22.4 Å². The third kappa shape index (κ3) is 5.80. The number of aromatic nitrogens is 1. The summed E-state index contributed by atoms with van der Waals surface area (Å²) < 4.78 is 0. The predicted molar refractivity (Wildman–Crippen MR) is 105 cm³/mol. The third-order valence-corrected chi connectivity index (χ3v) is 3.75. The average molecular weight is 397 g/mol. The van der Waals surface area contributed by atoms with Crippen molar-refractivity contribution in [1.82, 2.24) is 4.98 Å². The fourth-order valence-electron chi connectivity index (χ4n) is 2.28. The zero-order chi connectivity index (χ0) is 17.3. The minimum Gasteiger partial charge on any atom is -0.780 e. The van der Waals surface area contributed by atoms with Gasteiger partial charge in [-0.15, -0.1) is 23.8 Å². The first-order valence-corrected chi connectivity index (χ1v) is 8.36. The summed E-state index contributed by atoms with van der Waals surface area (Å²) in [6.45, 7) is 0. The second-order valence-corrected chi connectivity index (χ2v) is 5.75. The Balaban J connectivity index is 0.000000258. The maximum Gasteiger partial charge on any atom is 3.00 e. The van der Waals surface area contributed by atoms with Gasteiger partial charge in [-0.1, -0.05) is 42.5 Å². The Morgan fingerprint density at radius 3 is 1.96 bits per heavy atom. The van der Waals surface area contributed by atoms with E-state index in [1.54, 1.807) is 6.20 Å². The first-order valence-electron chi connectivity index (χ1n) is 7.96. The van der Waals surface area contributed by atoms with Crippen LogP contribution in [0.1, 0.15) is 0 Å². The summed E-state index contributed by atoms with van der Waals surface area (Å²) in [5, 5.41) is 0. The van der Waals surface area contributed by atoms with Crippen LogP contribution >= 0.6 is 0 Å². The Morgan fingerprint density at radius 2 is 1.35 bits per heavy atom. The van der Waals surface area contributed by atoms with Gasteiger partial charge in [0.1, 0.15) is 0 Å². The van der Waals surface area contributed by atoms with Crippen LogP contribution in [0.5, 0.6) is 0 Å². The molecule has 0 aliphatic rings. The van der Waals surface area contributed by atoms with Crippen molar-refractivity contribution in [2.45, 2.75) is 4.90 Å². The van der Waals surface area contributed by atoms with Crippen LogP contribution in [-0.2, 0) is 29.1 Å². The molecule has 0 unspecified atom stereocenters. The number of pyridine rings is 1. The van der Waals surface area contributed by atoms with Crippen LogP contribution < -0.4 is 0 Å². The molecule has 0 amide bonds. The monoisotopic (exact) mass is 396 g/mol. The molecule has 26 heavy (non-hydrogen) atoms. The van der Waals surface area contributed by atoms with Crippen molar-refractivity contribution in [2.75, 3.05) is 0 Å². The predicted octanol–water partition coefficient (Wildman–Crippen LogP) is 5.61. The van der Waals surface area contributed by atoms with Gasteiger partial charge in [0.2, 0.25) is 0 Å². The third-order valence-electron chi connectivity index (χ3n) is 3.48. The smallest absolute Gasteiger partial charge is 0.780 e. The van der Waals surface area contributed by atoms with E-state index in [1.165, 1.54) is 0 Å². The summed E-state index contributed by atoms with van der Waals surface area (Å²) in [4.78, 5) is 5.25. The molecule has 1 heterocycles. The first-order chi connectivity index (χ1) is 12.3. The van der Waals surface area contributed by atoms with E-state index in [9.17, 15) is 0 Å². The van der Waals surface area contributed by atoms with Gasteiger partial charge < -0.3 is 12.6 Å². The van der Waals surface area contributed by atoms with E-state index in [0.29, 0.717) is 0 Å². The zero-order valence-electron chi connectivity index (χ0n) is 13.9. The number of nitrogens with zero attached hydrogens (tertiary/aromatic N) is 1. The van der Waals surface area contributed by atoms with Crippen molar-refractivity contribution < 1.29 is 16.5 Å². The molecule has 3 aromatic carbocycles. The van der Waals surface area contributed by atoms with Crippen molar-refractivity contribution in [2.24, 2.45) is 0 Å². The molecular weight excluding hydrogens is 381 g/mol. The molecular formula is C23H16NNiS. The first kappa shape index (κ1) is 19.8. The summed E-state index contributed by atoms with van der Waals surface area (Å²) >= 11 is 4.81. The molecule has 0 saturated carbocycles. The van der Waals surface area contributed by atoms with Gasteiger partial charge in [0, 0.05) is 11.9 Å². The fraction of sp³-hybridized carbons (Fsp3) is 0. The molecule has 1 aromatic heterocycles. The van der Waals surface area contributed by atoms with Crippen LogP contribution in [0.2, 0.25) is 0 Å². The number of benzene rings is 3. The zero-order valence-corrected chi connectivity index (χ0v) is 15.7. The van der Waals surface area contributed by atoms with Crippen molar-refractivity contribution in [3.05, 3.63) is 109 Å². The van der Waals surface area contributed by atoms with E-state index in [1.807, 2.05) is 91.0 Å². The molecule has 4 rings (SSSR count). The normalized spacial score (nSPS) is 9.38. The van der Waals surface area contributed by atoms with Crippen LogP contribution in [-0.4, -0.2) is 4.98 Å². The molecule has 0 saturated heterocycles. The summed E-state index contributed by atoms with van der Waals surface area (Å²) in [7, 11) is 0. The van der Waals surface area contributed by atoms with Gasteiger partial charge in [0.15, 0.2) is 0 Å². The topological polar surface area (TPSA) is 12.9 Å². The minimum atomic E-state index is 0. The molecule has 0 bridgehead atoms. The second-order valence-electron chi connectivity index (χ2n) is 5.28. The van der Waals surface area contributed by atoms with Crippen molar-refractivity contribution in [1.29, 1.82) is 0 Å². The van der Waals surface area contributed by atoms with E-state index in [2.05, 4.69) is 17.1 Å². The van der Waals surface area contributed by atoms with Gasteiger partial charge in [-0.05, 0) is 6.07 Å². The number of hydrogen-bond donors (Lipinski definition) is 0. The molecule has 0 N–H and O–H groups in total. The standard InChI is InChI=1S/C17H11N.C6H6S.Ni/c1-2-7-14(8-3-1)15-9-6-10-16(13-15)17-11-4-5-12-18-17;7-6-4-2-1-3-5-6;/h1-7,9-12H;1-5,7H;/q-2;;+3/p-1. The molecule has 129 valence electrons. The summed E-state index contributed by atoms with van der Waals surface area (Å²) in [6.07, 6.45) is 1.80. The Bertz CT molecular complexity index is 842. The van der Waals surface area contributed by atoms with E-state index in [-0.39, 0.29) is 16.5 Å². The van der Waals surface area contributed by atoms with Gasteiger partial charge in [-0.25, -0.2) is 5.56 Å². The molecule has 0 atom stereocenters. The largest absolute Gasteiger partial charge is 3.00 e. The van der Waals surface area contributed by atoms with E-state index in [0.717, 1.165) is 27.3 Å². The van der Waals surface area contributed by atoms with Crippen LogP contribution in [0.25, 0.3) is 22.4 Å². The van der Waals surface area contributed by atoms with Gasteiger partial charge in [0.25, 0.3) is 0 Å². The average Bonchev–Trinajstić information content (AvgIpc) is 2.71. The molecule has 0 aliphatic carbocycles. The van der Waals surface area contributed by atoms with Crippen LogP contribution in [0.15, 0.2) is 102 Å². The summed E-state index contributed by atoms with van der Waals surface area (Å²) in [5.41, 5.74) is 4.04. The van der Waals surface area contributed by atoms with Crippen LogP contribution in [0.3, 0.4) is 0 Å². The van der Waals surface area contributed by atoms with E-state index in [4.69, 9.17) is 12.6 Å². The van der Waals surface area contributed by atoms with E-state index >= 15 is 0 Å². The van der Waals surface area contributed by atoms with Crippen molar-refractivity contribution >= 4 is 12.6 Å². The SMILES string of the molecule is [Ni+3].[S-]c1ccccc1.[c-]1ccccc1-c1[c-]c(-c2ccccn2)ccc1. The maximum absolute atomic E-state index is 4.81. The Morgan fingerprint density at radius 1 is 0.654 bits per heavy atom. The molecule has 3 heteroatoms. The Kier molecular flexibility index (Phi) is 8.01. The molecule has 1 radical (unpaired) electrons. The summed E-state index contributed by atoms with van der Waals surface area (Å²) in [6, 6.07) is 36.1. The number of hydrogen-bond acceptors (Lipinski definition) is 2. The Labute approximate surface area is 170 Å². The maximum atomic E-state index is 4.81. The Hall–Kier alpha value is -2.48. The van der Waals surface area contributed by atoms with Gasteiger partial charge >= 0.3 is 16.5 Å². The van der Waals surface area contributed by atoms with E-state index < -0.39 is 0 Å². The molecule has 4 aromatic rings. The molecule has 0 fully saturated rings. The number of rotatable bonds is 2.